The van der Waals surface area contributed by atoms with E-state index < -0.39 is 0 Å². The third kappa shape index (κ3) is 3.60. The van der Waals surface area contributed by atoms with Gasteiger partial charge in [0.05, 0.1) is 0 Å². The van der Waals surface area contributed by atoms with Crippen LogP contribution in [0.2, 0.25) is 0 Å². The summed E-state index contributed by atoms with van der Waals surface area (Å²) < 4.78 is 1.19. The van der Waals surface area contributed by atoms with Gasteiger partial charge in [0.1, 0.15) is 0 Å². The zero-order chi connectivity index (χ0) is 13.9. The maximum Gasteiger partial charge on any atom is 0.0335 e. The summed E-state index contributed by atoms with van der Waals surface area (Å²) in [5, 5.41) is 2.16. The molecule has 0 aliphatic heterocycles. The highest BCUT2D eigenvalue weighted by atomic mass is 79.9. The van der Waals surface area contributed by atoms with Crippen molar-refractivity contribution in [1.29, 1.82) is 0 Å². The number of nitrogens with two attached hydrogens (primary N) is 1. The van der Waals surface area contributed by atoms with E-state index >= 15 is 0 Å². The summed E-state index contributed by atoms with van der Waals surface area (Å²) in [5.74, 6) is 0.856. The van der Waals surface area contributed by atoms with Crippen molar-refractivity contribution in [3.8, 4) is 0 Å². The predicted octanol–water partition coefficient (Wildman–Crippen LogP) is 4.24. The van der Waals surface area contributed by atoms with Gasteiger partial charge in [0, 0.05) is 33.4 Å². The van der Waals surface area contributed by atoms with Gasteiger partial charge in [-0.2, -0.15) is 0 Å². The molecule has 0 spiro atoms. The molecule has 0 radical (unpaired) electrons. The third-order valence-corrected chi connectivity index (χ3v) is 6.39. The van der Waals surface area contributed by atoms with E-state index in [1.165, 1.54) is 41.5 Å². The number of thiophene rings is 1. The quantitative estimate of drug-likeness (QED) is 0.865. The van der Waals surface area contributed by atoms with E-state index in [-0.39, 0.29) is 5.54 Å². The lowest BCUT2D eigenvalue weighted by Gasteiger charge is -2.46. The Bertz CT molecular complexity index is 407. The van der Waals surface area contributed by atoms with Crippen molar-refractivity contribution in [1.82, 2.24) is 4.90 Å². The van der Waals surface area contributed by atoms with Crippen LogP contribution in [0.5, 0.6) is 0 Å². The van der Waals surface area contributed by atoms with Gasteiger partial charge in [-0.1, -0.05) is 26.2 Å². The molecule has 4 heteroatoms. The highest BCUT2D eigenvalue weighted by Gasteiger charge is 2.38. The zero-order valence-corrected chi connectivity index (χ0v) is 14.4. The molecule has 1 aliphatic rings. The molecule has 19 heavy (non-hydrogen) atoms. The Hall–Kier alpha value is 0.1000. The van der Waals surface area contributed by atoms with E-state index in [4.69, 9.17) is 5.73 Å². The SMILES string of the molecule is CCC1CCCC(CN)(N(C)Cc2cc(Br)cs2)C1. The molecule has 1 aromatic rings. The van der Waals surface area contributed by atoms with E-state index in [9.17, 15) is 0 Å². The van der Waals surface area contributed by atoms with Gasteiger partial charge in [0.15, 0.2) is 0 Å². The Balaban J connectivity index is 2.07. The molecule has 2 rings (SSSR count). The summed E-state index contributed by atoms with van der Waals surface area (Å²) in [7, 11) is 2.25. The first kappa shape index (κ1) is 15.5. The van der Waals surface area contributed by atoms with Crippen molar-refractivity contribution < 1.29 is 0 Å². The minimum absolute atomic E-state index is 0.218. The first-order valence-electron chi connectivity index (χ1n) is 7.24. The lowest BCUT2D eigenvalue weighted by atomic mass is 9.74. The molecule has 0 bridgehead atoms. The minimum Gasteiger partial charge on any atom is -0.329 e. The Kier molecular flexibility index (Phi) is 5.46. The van der Waals surface area contributed by atoms with Gasteiger partial charge in [0.2, 0.25) is 0 Å². The zero-order valence-electron chi connectivity index (χ0n) is 12.0. The van der Waals surface area contributed by atoms with Crippen LogP contribution in [-0.4, -0.2) is 24.0 Å². The van der Waals surface area contributed by atoms with E-state index in [0.717, 1.165) is 19.0 Å². The van der Waals surface area contributed by atoms with Gasteiger partial charge >= 0.3 is 0 Å². The maximum atomic E-state index is 6.17. The second-order valence-electron chi connectivity index (χ2n) is 5.89. The summed E-state index contributed by atoms with van der Waals surface area (Å²) in [5.41, 5.74) is 6.39. The lowest BCUT2D eigenvalue weighted by molar-refractivity contribution is 0.0511. The van der Waals surface area contributed by atoms with Crippen LogP contribution in [0.4, 0.5) is 0 Å². The molecule has 1 heterocycles. The number of likely N-dealkylation sites (N-methyl/N-ethyl adjacent to an activating group) is 1. The fourth-order valence-electron chi connectivity index (χ4n) is 3.34. The molecule has 1 saturated carbocycles. The van der Waals surface area contributed by atoms with Crippen LogP contribution in [0.3, 0.4) is 0 Å². The summed E-state index contributed by atoms with van der Waals surface area (Å²) in [4.78, 5) is 3.92. The van der Waals surface area contributed by atoms with Crippen molar-refractivity contribution in [2.24, 2.45) is 11.7 Å². The molecule has 2 N–H and O–H groups in total. The highest BCUT2D eigenvalue weighted by molar-refractivity contribution is 9.10. The minimum atomic E-state index is 0.218. The third-order valence-electron chi connectivity index (χ3n) is 4.70. The average Bonchev–Trinajstić information content (AvgIpc) is 2.84. The van der Waals surface area contributed by atoms with Crippen LogP contribution in [0.25, 0.3) is 0 Å². The summed E-state index contributed by atoms with van der Waals surface area (Å²) in [6.45, 7) is 4.12. The highest BCUT2D eigenvalue weighted by Crippen LogP contribution is 2.38. The molecule has 0 amide bonds. The number of hydrogen-bond acceptors (Lipinski definition) is 3. The fourth-order valence-corrected chi connectivity index (χ4v) is 4.84. The van der Waals surface area contributed by atoms with Gasteiger partial charge in [-0.05, 0) is 47.8 Å². The van der Waals surface area contributed by atoms with Crippen molar-refractivity contribution >= 4 is 27.3 Å². The second kappa shape index (κ2) is 6.70. The fraction of sp³-hybridized carbons (Fsp3) is 0.733. The Labute approximate surface area is 129 Å². The number of rotatable bonds is 5. The lowest BCUT2D eigenvalue weighted by Crippen LogP contribution is -2.54. The molecule has 0 aromatic carbocycles. The predicted molar refractivity (Wildman–Crippen MR) is 87.5 cm³/mol. The largest absolute Gasteiger partial charge is 0.329 e. The summed E-state index contributed by atoms with van der Waals surface area (Å²) in [6.07, 6.45) is 6.52. The number of halogens is 1. The Morgan fingerprint density at radius 3 is 2.95 bits per heavy atom. The average molecular weight is 345 g/mol. The van der Waals surface area contributed by atoms with E-state index in [0.29, 0.717) is 0 Å². The van der Waals surface area contributed by atoms with Crippen LogP contribution < -0.4 is 5.73 Å². The Morgan fingerprint density at radius 2 is 2.37 bits per heavy atom. The smallest absolute Gasteiger partial charge is 0.0335 e. The standard InChI is InChI=1S/C15H25BrN2S/c1-3-12-5-4-6-15(8-12,11-17)18(2)9-14-7-13(16)10-19-14/h7,10,12H,3-6,8-9,11,17H2,1-2H3. The van der Waals surface area contributed by atoms with Gasteiger partial charge < -0.3 is 5.73 Å². The molecule has 1 aliphatic carbocycles. The maximum absolute atomic E-state index is 6.17. The first-order valence-corrected chi connectivity index (χ1v) is 8.91. The molecule has 0 saturated heterocycles. The van der Waals surface area contributed by atoms with Crippen molar-refractivity contribution in [2.45, 2.75) is 51.1 Å². The molecule has 1 aromatic heterocycles. The monoisotopic (exact) mass is 344 g/mol. The van der Waals surface area contributed by atoms with Crippen LogP contribution in [0.1, 0.15) is 43.9 Å². The van der Waals surface area contributed by atoms with Gasteiger partial charge in [0.25, 0.3) is 0 Å². The van der Waals surface area contributed by atoms with Crippen molar-refractivity contribution in [3.05, 3.63) is 20.8 Å². The Morgan fingerprint density at radius 1 is 1.58 bits per heavy atom. The molecular weight excluding hydrogens is 320 g/mol. The van der Waals surface area contributed by atoms with Gasteiger partial charge in [-0.3, -0.25) is 4.90 Å². The number of hydrogen-bond donors (Lipinski definition) is 1. The van der Waals surface area contributed by atoms with Gasteiger partial charge in [-0.15, -0.1) is 11.3 Å². The normalized spacial score (nSPS) is 27.9. The molecule has 2 nitrogen and oxygen atoms in total. The van der Waals surface area contributed by atoms with Crippen LogP contribution in [0, 0.1) is 5.92 Å². The van der Waals surface area contributed by atoms with Crippen LogP contribution in [-0.2, 0) is 6.54 Å². The number of nitrogens with zero attached hydrogens (tertiary/aromatic N) is 1. The summed E-state index contributed by atoms with van der Waals surface area (Å²) >= 11 is 5.36. The van der Waals surface area contributed by atoms with Crippen molar-refractivity contribution in [3.63, 3.8) is 0 Å². The van der Waals surface area contributed by atoms with Gasteiger partial charge in [-0.25, -0.2) is 0 Å². The molecule has 1 fully saturated rings. The van der Waals surface area contributed by atoms with E-state index in [1.807, 2.05) is 11.3 Å². The molecule has 2 unspecified atom stereocenters. The van der Waals surface area contributed by atoms with Crippen molar-refractivity contribution in [2.75, 3.05) is 13.6 Å². The molecular formula is C15H25BrN2S. The van der Waals surface area contributed by atoms with Crippen LogP contribution in [0.15, 0.2) is 15.9 Å². The van der Waals surface area contributed by atoms with Crippen LogP contribution >= 0.6 is 27.3 Å². The van der Waals surface area contributed by atoms with E-state index in [1.54, 1.807) is 0 Å². The first-order chi connectivity index (χ1) is 9.09. The topological polar surface area (TPSA) is 29.3 Å². The summed E-state index contributed by atoms with van der Waals surface area (Å²) in [6, 6.07) is 2.23. The molecule has 2 atom stereocenters. The van der Waals surface area contributed by atoms with E-state index in [2.05, 4.69) is 46.2 Å². The molecule has 108 valence electrons. The second-order valence-corrected chi connectivity index (χ2v) is 7.80.